The van der Waals surface area contributed by atoms with E-state index in [1.165, 1.54) is 23.7 Å². The number of nitrogens with zero attached hydrogens (tertiary/aromatic N) is 3. The third-order valence-electron chi connectivity index (χ3n) is 6.13. The van der Waals surface area contributed by atoms with Crippen LogP contribution in [0.25, 0.3) is 10.9 Å². The lowest BCUT2D eigenvalue weighted by molar-refractivity contribution is 0.0291. The van der Waals surface area contributed by atoms with Gasteiger partial charge in [-0.2, -0.15) is 0 Å². The summed E-state index contributed by atoms with van der Waals surface area (Å²) >= 11 is 0. The van der Waals surface area contributed by atoms with Gasteiger partial charge >= 0.3 is 0 Å². The minimum Gasteiger partial charge on any atom is -0.339 e. The molecule has 1 fully saturated rings. The van der Waals surface area contributed by atoms with Gasteiger partial charge < -0.3 is 10.7 Å². The van der Waals surface area contributed by atoms with E-state index in [1.807, 2.05) is 11.8 Å². The van der Waals surface area contributed by atoms with Crippen LogP contribution in [0.2, 0.25) is 0 Å². The van der Waals surface area contributed by atoms with E-state index in [0.29, 0.717) is 35.1 Å². The molecule has 3 aromatic rings. The van der Waals surface area contributed by atoms with E-state index in [4.69, 9.17) is 5.84 Å². The number of benzene rings is 2. The summed E-state index contributed by atoms with van der Waals surface area (Å²) in [6.07, 6.45) is 1.60. The molecule has 6 nitrogen and oxygen atoms in total. The molecule has 2 aromatic carbocycles. The van der Waals surface area contributed by atoms with E-state index >= 15 is 0 Å². The van der Waals surface area contributed by atoms with Crippen LogP contribution in [-0.2, 0) is 6.54 Å². The average molecular weight is 423 g/mol. The van der Waals surface area contributed by atoms with Crippen molar-refractivity contribution in [2.75, 3.05) is 18.9 Å². The molecule has 7 heteroatoms. The zero-order valence-corrected chi connectivity index (χ0v) is 18.0. The number of carbonyl (C=O) groups is 2. The molecule has 1 amide bonds. The topological polar surface area (TPSA) is 71.6 Å². The molecule has 0 aliphatic carbocycles. The Morgan fingerprint density at radius 2 is 1.77 bits per heavy atom. The van der Waals surface area contributed by atoms with Gasteiger partial charge in [0.15, 0.2) is 5.78 Å². The fourth-order valence-corrected chi connectivity index (χ4v) is 4.36. The predicted molar refractivity (Wildman–Crippen MR) is 119 cm³/mol. The first kappa shape index (κ1) is 21.1. The monoisotopic (exact) mass is 422 g/mol. The number of amides is 1. The Labute approximate surface area is 181 Å². The van der Waals surface area contributed by atoms with Crippen LogP contribution in [0.5, 0.6) is 0 Å². The van der Waals surface area contributed by atoms with E-state index in [0.717, 1.165) is 12.1 Å². The number of nitrogens with two attached hydrogens (primary N) is 1. The molecule has 0 spiro atoms. The Hall–Kier alpha value is -3.19. The van der Waals surface area contributed by atoms with Gasteiger partial charge in [-0.05, 0) is 56.7 Å². The standard InChI is InChI=1S/C24H27FN4O2/c1-15-12-28(16(2)11-27(15)13-18-4-7-20(25)8-5-18)24(31)19-6-9-23-21(10-19)22(17(3)30)14-29(23)26/h4-10,14-16H,11-13,26H2,1-3H3/t15-,16?/m0/s1. The number of nitrogen functional groups attached to an aromatic ring is 1. The molecular formula is C24H27FN4O2. The number of Topliss-reactive ketones (excluding diaryl/α,β-unsaturated/α-hetero) is 1. The molecule has 31 heavy (non-hydrogen) atoms. The summed E-state index contributed by atoms with van der Waals surface area (Å²) in [4.78, 5) is 29.5. The average Bonchev–Trinajstić information content (AvgIpc) is 3.08. The van der Waals surface area contributed by atoms with Crippen molar-refractivity contribution in [3.8, 4) is 0 Å². The molecule has 1 aromatic heterocycles. The highest BCUT2D eigenvalue weighted by Gasteiger charge is 2.32. The highest BCUT2D eigenvalue weighted by atomic mass is 19.1. The second-order valence-electron chi connectivity index (χ2n) is 8.45. The first-order chi connectivity index (χ1) is 14.7. The number of rotatable bonds is 4. The largest absolute Gasteiger partial charge is 0.339 e. The van der Waals surface area contributed by atoms with Crippen LogP contribution in [0.3, 0.4) is 0 Å². The summed E-state index contributed by atoms with van der Waals surface area (Å²) in [6.45, 7) is 7.67. The number of hydrogen-bond donors (Lipinski definition) is 1. The number of fused-ring (bicyclic) bond motifs is 1. The van der Waals surface area contributed by atoms with Gasteiger partial charge in [-0.25, -0.2) is 4.39 Å². The number of halogens is 1. The molecule has 2 atom stereocenters. The molecule has 0 bridgehead atoms. The van der Waals surface area contributed by atoms with Crippen molar-refractivity contribution in [3.05, 3.63) is 71.2 Å². The minimum atomic E-state index is -0.240. The summed E-state index contributed by atoms with van der Waals surface area (Å²) < 4.78 is 14.6. The van der Waals surface area contributed by atoms with Crippen LogP contribution in [0.4, 0.5) is 4.39 Å². The van der Waals surface area contributed by atoms with Gasteiger partial charge in [-0.15, -0.1) is 0 Å². The third-order valence-corrected chi connectivity index (χ3v) is 6.13. The fourth-order valence-electron chi connectivity index (χ4n) is 4.36. The van der Waals surface area contributed by atoms with Crippen molar-refractivity contribution in [1.82, 2.24) is 14.5 Å². The van der Waals surface area contributed by atoms with Crippen molar-refractivity contribution < 1.29 is 14.0 Å². The van der Waals surface area contributed by atoms with Gasteiger partial charge in [0.1, 0.15) is 5.82 Å². The Morgan fingerprint density at radius 3 is 2.45 bits per heavy atom. The Kier molecular flexibility index (Phi) is 5.54. The Balaban J connectivity index is 1.53. The highest BCUT2D eigenvalue weighted by molar-refractivity contribution is 6.09. The SMILES string of the molecule is CC(=O)c1cn(N)c2ccc(C(=O)N3C[C@H](C)N(Cc4ccc(F)cc4)CC3C)cc12. The molecule has 162 valence electrons. The van der Waals surface area contributed by atoms with Crippen LogP contribution in [0.1, 0.15) is 47.1 Å². The molecule has 0 saturated carbocycles. The maximum absolute atomic E-state index is 13.3. The van der Waals surface area contributed by atoms with Gasteiger partial charge in [-0.3, -0.25) is 19.2 Å². The lowest BCUT2D eigenvalue weighted by atomic mass is 10.0. The van der Waals surface area contributed by atoms with E-state index in [-0.39, 0.29) is 29.6 Å². The van der Waals surface area contributed by atoms with E-state index in [1.54, 1.807) is 36.5 Å². The van der Waals surface area contributed by atoms with Gasteiger partial charge in [0.05, 0.1) is 5.52 Å². The second kappa shape index (κ2) is 8.15. The van der Waals surface area contributed by atoms with Crippen molar-refractivity contribution in [2.45, 2.75) is 39.4 Å². The summed E-state index contributed by atoms with van der Waals surface area (Å²) in [5.41, 5.74) is 2.82. The quantitative estimate of drug-likeness (QED) is 0.517. The van der Waals surface area contributed by atoms with Crippen molar-refractivity contribution in [1.29, 1.82) is 0 Å². The van der Waals surface area contributed by atoms with Gasteiger partial charge in [0, 0.05) is 54.4 Å². The number of aromatic nitrogens is 1. The number of hydrogen-bond acceptors (Lipinski definition) is 4. The molecule has 0 radical (unpaired) electrons. The summed E-state index contributed by atoms with van der Waals surface area (Å²) in [7, 11) is 0. The van der Waals surface area contributed by atoms with Crippen molar-refractivity contribution in [2.24, 2.45) is 0 Å². The van der Waals surface area contributed by atoms with Gasteiger partial charge in [0.25, 0.3) is 5.91 Å². The number of carbonyl (C=O) groups excluding carboxylic acids is 2. The van der Waals surface area contributed by atoms with Crippen molar-refractivity contribution in [3.63, 3.8) is 0 Å². The van der Waals surface area contributed by atoms with Crippen LogP contribution in [0.15, 0.2) is 48.7 Å². The Bertz CT molecular complexity index is 1140. The second-order valence-corrected chi connectivity index (χ2v) is 8.45. The minimum absolute atomic E-state index is 0.0197. The van der Waals surface area contributed by atoms with E-state index in [2.05, 4.69) is 11.8 Å². The summed E-state index contributed by atoms with van der Waals surface area (Å²) in [5.74, 6) is 5.57. The van der Waals surface area contributed by atoms with Crippen LogP contribution >= 0.6 is 0 Å². The number of piperazine rings is 1. The maximum atomic E-state index is 13.3. The molecule has 1 unspecified atom stereocenters. The first-order valence-corrected chi connectivity index (χ1v) is 10.4. The normalized spacial score (nSPS) is 19.7. The molecule has 2 heterocycles. The summed E-state index contributed by atoms with van der Waals surface area (Å²) in [6, 6.07) is 12.0. The smallest absolute Gasteiger partial charge is 0.254 e. The molecule has 1 saturated heterocycles. The van der Waals surface area contributed by atoms with Crippen LogP contribution in [-0.4, -0.2) is 51.3 Å². The fraction of sp³-hybridized carbons (Fsp3) is 0.333. The molecular weight excluding hydrogens is 395 g/mol. The highest BCUT2D eigenvalue weighted by Crippen LogP contribution is 2.25. The third kappa shape index (κ3) is 4.05. The summed E-state index contributed by atoms with van der Waals surface area (Å²) in [5, 5.41) is 0.691. The first-order valence-electron chi connectivity index (χ1n) is 10.4. The molecule has 4 rings (SSSR count). The molecule has 1 aliphatic heterocycles. The van der Waals surface area contributed by atoms with Crippen LogP contribution in [0, 0.1) is 5.82 Å². The molecule has 1 aliphatic rings. The zero-order valence-electron chi connectivity index (χ0n) is 18.0. The maximum Gasteiger partial charge on any atom is 0.254 e. The van der Waals surface area contributed by atoms with Crippen LogP contribution < -0.4 is 5.84 Å². The van der Waals surface area contributed by atoms with E-state index in [9.17, 15) is 14.0 Å². The van der Waals surface area contributed by atoms with Gasteiger partial charge in [-0.1, -0.05) is 12.1 Å². The predicted octanol–water partition coefficient (Wildman–Crippen LogP) is 3.43. The van der Waals surface area contributed by atoms with Crippen molar-refractivity contribution >= 4 is 22.6 Å². The molecule has 2 N–H and O–H groups in total. The number of ketones is 1. The van der Waals surface area contributed by atoms with Gasteiger partial charge in [0.2, 0.25) is 0 Å². The Morgan fingerprint density at radius 1 is 1.06 bits per heavy atom. The zero-order chi connectivity index (χ0) is 22.3. The van der Waals surface area contributed by atoms with E-state index < -0.39 is 0 Å². The lowest BCUT2D eigenvalue weighted by Gasteiger charge is -2.44. The lowest BCUT2D eigenvalue weighted by Crippen LogP contribution is -2.57.